The van der Waals surface area contributed by atoms with Crippen LogP contribution in [0.3, 0.4) is 0 Å². The van der Waals surface area contributed by atoms with Crippen molar-refractivity contribution in [2.24, 2.45) is 0 Å². The summed E-state index contributed by atoms with van der Waals surface area (Å²) in [5.41, 5.74) is 18.2. The molecule has 3 heterocycles. The molecule has 12 rings (SSSR count). The fourth-order valence-corrected chi connectivity index (χ4v) is 9.46. The Kier molecular flexibility index (Phi) is 8.50. The van der Waals surface area contributed by atoms with Gasteiger partial charge in [-0.3, -0.25) is 0 Å². The Morgan fingerprint density at radius 2 is 0.758 bits per heavy atom. The van der Waals surface area contributed by atoms with Crippen molar-refractivity contribution in [3.05, 3.63) is 237 Å². The van der Waals surface area contributed by atoms with Crippen LogP contribution in [-0.4, -0.2) is 14.1 Å². The summed E-state index contributed by atoms with van der Waals surface area (Å²) in [5.74, 6) is 0. The monoisotopic (exact) mass is 789 g/mol. The Balaban J connectivity index is 0.982. The minimum Gasteiger partial charge on any atom is -0.309 e. The van der Waals surface area contributed by atoms with Crippen molar-refractivity contribution in [3.63, 3.8) is 0 Å². The molecule has 0 atom stereocenters. The average molecular weight is 790 g/mol. The second-order valence-corrected chi connectivity index (χ2v) is 15.9. The largest absolute Gasteiger partial charge is 0.309 e. The van der Waals surface area contributed by atoms with E-state index in [0.717, 1.165) is 45.0 Å². The lowest BCUT2D eigenvalue weighted by molar-refractivity contribution is 1.17. The van der Waals surface area contributed by atoms with E-state index in [0.29, 0.717) is 0 Å². The molecule has 3 aromatic heterocycles. The predicted molar refractivity (Wildman–Crippen MR) is 260 cm³/mol. The summed E-state index contributed by atoms with van der Waals surface area (Å²) in [6.45, 7) is 0. The summed E-state index contributed by atoms with van der Waals surface area (Å²) in [6.07, 6.45) is 0. The van der Waals surface area contributed by atoms with Gasteiger partial charge in [-0.25, -0.2) is 4.98 Å². The Labute approximate surface area is 360 Å². The highest BCUT2D eigenvalue weighted by molar-refractivity contribution is 6.15. The summed E-state index contributed by atoms with van der Waals surface area (Å²) in [7, 11) is 0. The highest BCUT2D eigenvalue weighted by atomic mass is 15.0. The summed E-state index contributed by atoms with van der Waals surface area (Å²) in [6, 6.07) is 85.2. The Hall–Kier alpha value is -8.27. The molecular formula is C59H39N3. The normalized spacial score (nSPS) is 11.5. The molecule has 0 radical (unpaired) electrons. The maximum absolute atomic E-state index is 5.10. The SMILES string of the molecule is c1ccc(-c2cc(-c3ccc(-c4ccc5c(c4)c4ccccc4n5-c4ccccc4-c4cccc5c6ccccc6n(-c6ccccc6)c45)cc3)cc(-c3ccccc3)n2)cc1. The quantitative estimate of drug-likeness (QED) is 0.158. The summed E-state index contributed by atoms with van der Waals surface area (Å²) < 4.78 is 4.89. The van der Waals surface area contributed by atoms with Crippen LogP contribution in [0.5, 0.6) is 0 Å². The van der Waals surface area contributed by atoms with Gasteiger partial charge in [0.1, 0.15) is 0 Å². The number of para-hydroxylation sites is 5. The lowest BCUT2D eigenvalue weighted by Crippen LogP contribution is -1.99. The summed E-state index contributed by atoms with van der Waals surface area (Å²) in [4.78, 5) is 5.10. The highest BCUT2D eigenvalue weighted by Crippen LogP contribution is 2.43. The first-order chi connectivity index (χ1) is 30.8. The average Bonchev–Trinajstić information content (AvgIpc) is 3.87. The van der Waals surface area contributed by atoms with Crippen LogP contribution in [0, 0.1) is 0 Å². The molecule has 9 aromatic carbocycles. The van der Waals surface area contributed by atoms with Gasteiger partial charge < -0.3 is 9.13 Å². The van der Waals surface area contributed by atoms with E-state index >= 15 is 0 Å². The van der Waals surface area contributed by atoms with Gasteiger partial charge in [-0.2, -0.15) is 0 Å². The molecule has 0 saturated carbocycles. The Morgan fingerprint density at radius 1 is 0.274 bits per heavy atom. The van der Waals surface area contributed by atoms with E-state index in [4.69, 9.17) is 4.98 Å². The van der Waals surface area contributed by atoms with E-state index < -0.39 is 0 Å². The number of benzene rings is 9. The zero-order chi connectivity index (χ0) is 41.0. The van der Waals surface area contributed by atoms with Gasteiger partial charge in [0.15, 0.2) is 0 Å². The van der Waals surface area contributed by atoms with Gasteiger partial charge in [0, 0.05) is 49.5 Å². The van der Waals surface area contributed by atoms with E-state index in [1.165, 1.54) is 65.9 Å². The third-order valence-corrected chi connectivity index (χ3v) is 12.3. The summed E-state index contributed by atoms with van der Waals surface area (Å²) >= 11 is 0. The van der Waals surface area contributed by atoms with Crippen LogP contribution in [0.2, 0.25) is 0 Å². The number of nitrogens with zero attached hydrogens (tertiary/aromatic N) is 3. The van der Waals surface area contributed by atoms with Crippen molar-refractivity contribution in [1.82, 2.24) is 14.1 Å². The van der Waals surface area contributed by atoms with Crippen molar-refractivity contribution in [2.45, 2.75) is 0 Å². The fraction of sp³-hybridized carbons (Fsp3) is 0. The molecule has 3 nitrogen and oxygen atoms in total. The van der Waals surface area contributed by atoms with Crippen molar-refractivity contribution in [2.75, 3.05) is 0 Å². The lowest BCUT2D eigenvalue weighted by Gasteiger charge is -2.17. The molecule has 0 bridgehead atoms. The number of fused-ring (bicyclic) bond motifs is 6. The van der Waals surface area contributed by atoms with Crippen molar-refractivity contribution < 1.29 is 0 Å². The van der Waals surface area contributed by atoms with Gasteiger partial charge in [0.2, 0.25) is 0 Å². The molecule has 0 amide bonds. The minimum atomic E-state index is 0.963. The number of pyridine rings is 1. The third-order valence-electron chi connectivity index (χ3n) is 12.3. The minimum absolute atomic E-state index is 0.963. The number of aromatic nitrogens is 3. The van der Waals surface area contributed by atoms with E-state index in [1.54, 1.807) is 0 Å². The molecule has 12 aromatic rings. The predicted octanol–water partition coefficient (Wildman–Crippen LogP) is 15.6. The topological polar surface area (TPSA) is 22.8 Å². The zero-order valence-corrected chi connectivity index (χ0v) is 33.9. The first kappa shape index (κ1) is 35.7. The fourth-order valence-electron chi connectivity index (χ4n) is 9.46. The first-order valence-corrected chi connectivity index (χ1v) is 21.2. The molecule has 0 spiro atoms. The van der Waals surface area contributed by atoms with Gasteiger partial charge >= 0.3 is 0 Å². The second kappa shape index (κ2) is 14.8. The van der Waals surface area contributed by atoms with E-state index in [9.17, 15) is 0 Å². The van der Waals surface area contributed by atoms with Gasteiger partial charge in [-0.15, -0.1) is 0 Å². The molecule has 0 aliphatic rings. The Morgan fingerprint density at radius 3 is 1.44 bits per heavy atom. The van der Waals surface area contributed by atoms with E-state index in [2.05, 4.69) is 234 Å². The van der Waals surface area contributed by atoms with Gasteiger partial charge in [0.25, 0.3) is 0 Å². The van der Waals surface area contributed by atoms with Crippen molar-refractivity contribution in [3.8, 4) is 67.3 Å². The first-order valence-electron chi connectivity index (χ1n) is 21.2. The van der Waals surface area contributed by atoms with Crippen molar-refractivity contribution >= 4 is 43.6 Å². The molecule has 62 heavy (non-hydrogen) atoms. The molecule has 3 heteroatoms. The number of hydrogen-bond donors (Lipinski definition) is 0. The maximum Gasteiger partial charge on any atom is 0.0715 e. The van der Waals surface area contributed by atoms with E-state index in [1.807, 2.05) is 12.1 Å². The molecule has 0 unspecified atom stereocenters. The van der Waals surface area contributed by atoms with Crippen LogP contribution in [0.15, 0.2) is 237 Å². The van der Waals surface area contributed by atoms with Gasteiger partial charge in [0.05, 0.1) is 39.1 Å². The van der Waals surface area contributed by atoms with E-state index in [-0.39, 0.29) is 0 Å². The van der Waals surface area contributed by atoms with Crippen LogP contribution in [0.1, 0.15) is 0 Å². The molecule has 290 valence electrons. The van der Waals surface area contributed by atoms with Crippen LogP contribution < -0.4 is 0 Å². The van der Waals surface area contributed by atoms with Crippen LogP contribution in [-0.2, 0) is 0 Å². The molecule has 0 fully saturated rings. The lowest BCUT2D eigenvalue weighted by atomic mass is 9.97. The molecule has 0 aliphatic carbocycles. The van der Waals surface area contributed by atoms with Crippen LogP contribution >= 0.6 is 0 Å². The number of rotatable bonds is 7. The smallest absolute Gasteiger partial charge is 0.0715 e. The third kappa shape index (κ3) is 5.94. The highest BCUT2D eigenvalue weighted by Gasteiger charge is 2.21. The molecule has 0 N–H and O–H groups in total. The number of hydrogen-bond acceptors (Lipinski definition) is 1. The summed E-state index contributed by atoms with van der Waals surface area (Å²) in [5, 5.41) is 4.94. The zero-order valence-electron chi connectivity index (χ0n) is 33.9. The molecule has 0 aliphatic heterocycles. The van der Waals surface area contributed by atoms with Crippen LogP contribution in [0.25, 0.3) is 111 Å². The molecular weight excluding hydrogens is 751 g/mol. The van der Waals surface area contributed by atoms with Gasteiger partial charge in [-0.1, -0.05) is 182 Å². The van der Waals surface area contributed by atoms with Crippen molar-refractivity contribution in [1.29, 1.82) is 0 Å². The maximum atomic E-state index is 5.10. The Bertz CT molecular complexity index is 3540. The standard InChI is InChI=1S/C59H39N3/c1-4-17-42(18-5-1)53-38-45(39-54(60-53)43-19-6-2-7-20-43)41-33-31-40(32-34-41)44-35-36-58-52(37-44)49-25-12-15-30-57(49)62(58)56-29-14-11-24-48(56)51-27-16-26-50-47-23-10-13-28-55(47)61(59(50)51)46-21-8-3-9-22-46/h1-39H. The van der Waals surface area contributed by atoms with Crippen LogP contribution in [0.4, 0.5) is 0 Å². The van der Waals surface area contributed by atoms with Gasteiger partial charge in [-0.05, 0) is 76.9 Å². The molecule has 0 saturated heterocycles. The second-order valence-electron chi connectivity index (χ2n) is 15.9.